The van der Waals surface area contributed by atoms with Gasteiger partial charge in [-0.25, -0.2) is 22.9 Å². The van der Waals surface area contributed by atoms with Crippen molar-refractivity contribution in [2.45, 2.75) is 37.4 Å². The number of nitrogens with zero attached hydrogens (tertiary/aromatic N) is 3. The fourth-order valence-electron chi connectivity index (χ4n) is 3.11. The van der Waals surface area contributed by atoms with Gasteiger partial charge < -0.3 is 15.0 Å². The molecule has 1 atom stereocenters. The van der Waals surface area contributed by atoms with E-state index in [1.54, 1.807) is 0 Å². The number of primary sulfonamides is 1. The summed E-state index contributed by atoms with van der Waals surface area (Å²) in [5, 5.41) is 8.02. The summed E-state index contributed by atoms with van der Waals surface area (Å²) in [5.41, 5.74) is 0.127. The molecule has 1 aromatic heterocycles. The van der Waals surface area contributed by atoms with Gasteiger partial charge in [0.25, 0.3) is 0 Å². The molecule has 1 aliphatic rings. The highest BCUT2D eigenvalue weighted by Gasteiger charge is 2.33. The highest BCUT2D eigenvalue weighted by Crippen LogP contribution is 2.27. The van der Waals surface area contributed by atoms with Gasteiger partial charge in [-0.3, -0.25) is 0 Å². The second kappa shape index (κ2) is 7.02. The van der Waals surface area contributed by atoms with Crippen LogP contribution in [0.2, 0.25) is 0 Å². The first kappa shape index (κ1) is 19.5. The van der Waals surface area contributed by atoms with E-state index < -0.39 is 21.4 Å². The van der Waals surface area contributed by atoms with E-state index in [9.17, 15) is 12.8 Å². The summed E-state index contributed by atoms with van der Waals surface area (Å²) >= 11 is 0. The van der Waals surface area contributed by atoms with Crippen LogP contribution >= 0.6 is 0 Å². The Morgan fingerprint density at radius 3 is 2.59 bits per heavy atom. The zero-order chi connectivity index (χ0) is 19.8. The monoisotopic (exact) mass is 395 g/mol. The summed E-state index contributed by atoms with van der Waals surface area (Å²) in [4.78, 5) is 10.1. The topological polar surface area (TPSA) is 110 Å². The number of nitrogens with two attached hydrogens (primary N) is 1. The van der Waals surface area contributed by atoms with Crippen molar-refractivity contribution in [1.29, 1.82) is 0 Å². The highest BCUT2D eigenvalue weighted by atomic mass is 32.2. The van der Waals surface area contributed by atoms with E-state index in [0.29, 0.717) is 18.8 Å². The van der Waals surface area contributed by atoms with Gasteiger partial charge in [0.1, 0.15) is 0 Å². The number of hydrogen-bond acceptors (Lipinski definition) is 7. The first-order valence-electron chi connectivity index (χ1n) is 8.39. The Bertz CT molecular complexity index is 934. The molecule has 0 radical (unpaired) electrons. The van der Waals surface area contributed by atoms with E-state index >= 15 is 0 Å². The minimum Gasteiger partial charge on any atom is -0.369 e. The number of sulfonamides is 1. The third kappa shape index (κ3) is 4.71. The van der Waals surface area contributed by atoms with E-state index in [4.69, 9.17) is 9.88 Å². The van der Waals surface area contributed by atoms with Crippen molar-refractivity contribution >= 4 is 27.5 Å². The summed E-state index contributed by atoms with van der Waals surface area (Å²) in [6.07, 6.45) is 1.04. The van der Waals surface area contributed by atoms with Gasteiger partial charge in [0.15, 0.2) is 11.6 Å². The SMILES string of the molecule is CC1CN(c2nc(Nc3ccc(S(N)(=O)=O)cc3)ncc2F)CC(C)(C)O1. The summed E-state index contributed by atoms with van der Waals surface area (Å²) < 4.78 is 42.8. The summed E-state index contributed by atoms with van der Waals surface area (Å²) in [6, 6.07) is 5.81. The number of aromatic nitrogens is 2. The molecule has 146 valence electrons. The average Bonchev–Trinajstić information content (AvgIpc) is 2.54. The zero-order valence-corrected chi connectivity index (χ0v) is 16.1. The molecule has 1 unspecified atom stereocenters. The molecule has 2 heterocycles. The summed E-state index contributed by atoms with van der Waals surface area (Å²) in [6.45, 7) is 6.83. The van der Waals surface area contributed by atoms with Gasteiger partial charge in [-0.2, -0.15) is 4.98 Å². The molecule has 3 rings (SSSR count). The Kier molecular flexibility index (Phi) is 5.06. The van der Waals surface area contributed by atoms with Crippen molar-refractivity contribution in [3.63, 3.8) is 0 Å². The lowest BCUT2D eigenvalue weighted by Crippen LogP contribution is -2.52. The molecular formula is C17H22FN5O3S. The Labute approximate surface area is 157 Å². The van der Waals surface area contributed by atoms with Crippen LogP contribution in [0.15, 0.2) is 35.4 Å². The van der Waals surface area contributed by atoms with Crippen molar-refractivity contribution in [2.24, 2.45) is 5.14 Å². The van der Waals surface area contributed by atoms with Gasteiger partial charge in [0, 0.05) is 18.8 Å². The number of halogens is 1. The Balaban J connectivity index is 1.83. The van der Waals surface area contributed by atoms with Crippen LogP contribution < -0.4 is 15.4 Å². The first-order valence-corrected chi connectivity index (χ1v) is 9.93. The third-order valence-electron chi connectivity index (χ3n) is 4.03. The molecule has 0 spiro atoms. The van der Waals surface area contributed by atoms with Crippen LogP contribution in [0.4, 0.5) is 21.8 Å². The minimum atomic E-state index is -3.76. The molecule has 8 nitrogen and oxygen atoms in total. The molecule has 3 N–H and O–H groups in total. The van der Waals surface area contributed by atoms with Crippen molar-refractivity contribution in [3.05, 3.63) is 36.3 Å². The second-order valence-electron chi connectivity index (χ2n) is 7.13. The van der Waals surface area contributed by atoms with Crippen LogP contribution in [-0.2, 0) is 14.8 Å². The van der Waals surface area contributed by atoms with Crippen molar-refractivity contribution in [3.8, 4) is 0 Å². The molecule has 0 aliphatic carbocycles. The van der Waals surface area contributed by atoms with Gasteiger partial charge in [0.05, 0.1) is 22.8 Å². The third-order valence-corrected chi connectivity index (χ3v) is 4.96. The van der Waals surface area contributed by atoms with Crippen LogP contribution in [0, 0.1) is 5.82 Å². The van der Waals surface area contributed by atoms with Crippen LogP contribution in [0.3, 0.4) is 0 Å². The van der Waals surface area contributed by atoms with E-state index in [2.05, 4.69) is 15.3 Å². The predicted octanol–water partition coefficient (Wildman–Crippen LogP) is 2.01. The van der Waals surface area contributed by atoms with Gasteiger partial charge in [0.2, 0.25) is 16.0 Å². The van der Waals surface area contributed by atoms with Gasteiger partial charge in [-0.15, -0.1) is 0 Å². The quantitative estimate of drug-likeness (QED) is 0.815. The van der Waals surface area contributed by atoms with Gasteiger partial charge in [-0.05, 0) is 45.0 Å². The molecule has 27 heavy (non-hydrogen) atoms. The predicted molar refractivity (Wildman–Crippen MR) is 99.9 cm³/mol. The maximum absolute atomic E-state index is 14.3. The Hall–Kier alpha value is -2.30. The molecule has 1 aromatic carbocycles. The number of nitrogens with one attached hydrogen (secondary N) is 1. The molecule has 2 aromatic rings. The molecule has 1 fully saturated rings. The zero-order valence-electron chi connectivity index (χ0n) is 15.3. The summed E-state index contributed by atoms with van der Waals surface area (Å²) in [7, 11) is -3.76. The largest absolute Gasteiger partial charge is 0.369 e. The van der Waals surface area contributed by atoms with Gasteiger partial charge >= 0.3 is 0 Å². The van der Waals surface area contributed by atoms with E-state index in [-0.39, 0.29) is 22.8 Å². The van der Waals surface area contributed by atoms with Crippen LogP contribution in [0.5, 0.6) is 0 Å². The maximum atomic E-state index is 14.3. The first-order chi connectivity index (χ1) is 12.5. The molecule has 10 heteroatoms. The van der Waals surface area contributed by atoms with Crippen molar-refractivity contribution in [1.82, 2.24) is 9.97 Å². The minimum absolute atomic E-state index is 0.00157. The van der Waals surface area contributed by atoms with Crippen LogP contribution in [0.1, 0.15) is 20.8 Å². The molecule has 0 bridgehead atoms. The van der Waals surface area contributed by atoms with E-state index in [1.807, 2.05) is 25.7 Å². The van der Waals surface area contributed by atoms with E-state index in [0.717, 1.165) is 6.20 Å². The fourth-order valence-corrected chi connectivity index (χ4v) is 3.63. The standard InChI is InChI=1S/C17H22FN5O3S/c1-11-9-23(10-17(2,3)26-11)15-14(18)8-20-16(22-15)21-12-4-6-13(7-5-12)27(19,24)25/h4-8,11H,9-10H2,1-3H3,(H2,19,24,25)(H,20,21,22). The maximum Gasteiger partial charge on any atom is 0.238 e. The van der Waals surface area contributed by atoms with Crippen molar-refractivity contribution < 1.29 is 17.5 Å². The number of benzene rings is 1. The summed E-state index contributed by atoms with van der Waals surface area (Å²) in [5.74, 6) is -0.126. The van der Waals surface area contributed by atoms with Crippen molar-refractivity contribution in [2.75, 3.05) is 23.3 Å². The average molecular weight is 395 g/mol. The number of anilines is 3. The Morgan fingerprint density at radius 2 is 2.00 bits per heavy atom. The normalized spacial score (nSPS) is 19.7. The number of rotatable bonds is 4. The Morgan fingerprint density at radius 1 is 1.33 bits per heavy atom. The smallest absolute Gasteiger partial charge is 0.238 e. The molecular weight excluding hydrogens is 373 g/mol. The fraction of sp³-hybridized carbons (Fsp3) is 0.412. The van der Waals surface area contributed by atoms with E-state index in [1.165, 1.54) is 24.3 Å². The molecule has 1 saturated heterocycles. The highest BCUT2D eigenvalue weighted by molar-refractivity contribution is 7.89. The lowest BCUT2D eigenvalue weighted by molar-refractivity contribution is -0.0753. The molecule has 0 saturated carbocycles. The number of morpholine rings is 1. The number of hydrogen-bond donors (Lipinski definition) is 2. The second-order valence-corrected chi connectivity index (χ2v) is 8.69. The number of ether oxygens (including phenoxy) is 1. The van der Waals surface area contributed by atoms with Crippen LogP contribution in [-0.4, -0.2) is 43.2 Å². The molecule has 0 amide bonds. The van der Waals surface area contributed by atoms with Gasteiger partial charge in [-0.1, -0.05) is 0 Å². The lowest BCUT2D eigenvalue weighted by atomic mass is 10.1. The van der Waals surface area contributed by atoms with Crippen LogP contribution in [0.25, 0.3) is 0 Å². The molecule has 1 aliphatic heterocycles. The lowest BCUT2D eigenvalue weighted by Gasteiger charge is -2.42.